The Bertz CT molecular complexity index is 2600. The first-order valence-electron chi connectivity index (χ1n) is 16.9. The quantitative estimate of drug-likeness (QED) is 0.170. The van der Waals surface area contributed by atoms with E-state index in [1.165, 1.54) is 22.1 Å². The van der Waals surface area contributed by atoms with E-state index >= 15 is 0 Å². The summed E-state index contributed by atoms with van der Waals surface area (Å²) in [5.74, 6) is 0.673. The van der Waals surface area contributed by atoms with Gasteiger partial charge in [0, 0.05) is 38.4 Å². The van der Waals surface area contributed by atoms with Crippen molar-refractivity contribution in [2.24, 2.45) is 0 Å². The molecule has 7 aromatic carbocycles. The lowest BCUT2D eigenvalue weighted by molar-refractivity contribution is 1.18. The van der Waals surface area contributed by atoms with Crippen LogP contribution >= 0.6 is 0 Å². The van der Waals surface area contributed by atoms with E-state index < -0.39 is 0 Å². The van der Waals surface area contributed by atoms with Crippen LogP contribution < -0.4 is 0 Å². The molecule has 0 aliphatic rings. The third-order valence-corrected chi connectivity index (χ3v) is 9.30. The van der Waals surface area contributed by atoms with Crippen LogP contribution in [0.5, 0.6) is 0 Å². The van der Waals surface area contributed by atoms with E-state index in [4.69, 9.17) is 15.0 Å². The third-order valence-electron chi connectivity index (χ3n) is 9.30. The summed E-state index contributed by atoms with van der Waals surface area (Å²) in [6.07, 6.45) is 0. The van der Waals surface area contributed by atoms with Crippen molar-refractivity contribution in [2.45, 2.75) is 0 Å². The number of fused-ring (bicyclic) bond motifs is 3. The third kappa shape index (κ3) is 5.41. The van der Waals surface area contributed by atoms with E-state index in [2.05, 4.69) is 158 Å². The Balaban J connectivity index is 1.30. The van der Waals surface area contributed by atoms with E-state index in [0.29, 0.717) is 5.82 Å². The zero-order chi connectivity index (χ0) is 33.3. The van der Waals surface area contributed by atoms with Crippen molar-refractivity contribution in [1.29, 1.82) is 0 Å². The van der Waals surface area contributed by atoms with E-state index in [1.807, 2.05) is 30.3 Å². The van der Waals surface area contributed by atoms with Crippen LogP contribution in [0.4, 0.5) is 0 Å². The number of nitrogens with zero attached hydrogens (tertiary/aromatic N) is 3. The molecule has 9 aromatic rings. The molecule has 50 heavy (non-hydrogen) atoms. The maximum absolute atomic E-state index is 5.47. The number of rotatable bonds is 6. The molecular weight excluding hydrogens is 607 g/mol. The van der Waals surface area contributed by atoms with Gasteiger partial charge in [0.15, 0.2) is 5.82 Å². The van der Waals surface area contributed by atoms with Gasteiger partial charge in [0.05, 0.1) is 22.6 Å². The van der Waals surface area contributed by atoms with Crippen LogP contribution in [0.2, 0.25) is 0 Å². The van der Waals surface area contributed by atoms with Crippen LogP contribution in [-0.2, 0) is 0 Å². The molecule has 0 atom stereocenters. The van der Waals surface area contributed by atoms with E-state index in [9.17, 15) is 0 Å². The van der Waals surface area contributed by atoms with Gasteiger partial charge < -0.3 is 0 Å². The Morgan fingerprint density at radius 1 is 0.300 bits per heavy atom. The molecule has 0 radical (unpaired) electrons. The highest BCUT2D eigenvalue weighted by Crippen LogP contribution is 2.41. The average molecular weight is 638 g/mol. The SMILES string of the molecule is c1ccc(-c2ccc(-c3nc(-c4ccccc4)cc(-c4cccc5c4nc(-c4ccccc4)c4cccc(-c6ccccc6)c45)n3)cc2)cc1. The first kappa shape index (κ1) is 29.4. The maximum atomic E-state index is 5.47. The summed E-state index contributed by atoms with van der Waals surface area (Å²) in [5.41, 5.74) is 12.3. The molecule has 0 unspecified atom stereocenters. The monoisotopic (exact) mass is 637 g/mol. The van der Waals surface area contributed by atoms with Crippen LogP contribution in [0.25, 0.3) is 89.1 Å². The normalized spacial score (nSPS) is 11.2. The van der Waals surface area contributed by atoms with Crippen molar-refractivity contribution < 1.29 is 0 Å². The van der Waals surface area contributed by atoms with Crippen molar-refractivity contribution in [3.05, 3.63) is 188 Å². The Morgan fingerprint density at radius 3 is 1.46 bits per heavy atom. The highest BCUT2D eigenvalue weighted by molar-refractivity contribution is 6.19. The van der Waals surface area contributed by atoms with Crippen LogP contribution in [0.15, 0.2) is 188 Å². The summed E-state index contributed by atoms with van der Waals surface area (Å²) in [6, 6.07) is 65.5. The summed E-state index contributed by atoms with van der Waals surface area (Å²) in [4.78, 5) is 15.9. The zero-order valence-electron chi connectivity index (χ0n) is 27.2. The Kier molecular flexibility index (Phi) is 7.49. The van der Waals surface area contributed by atoms with Gasteiger partial charge in [-0.2, -0.15) is 0 Å². The molecule has 0 aliphatic carbocycles. The lowest BCUT2D eigenvalue weighted by atomic mass is 9.91. The number of aromatic nitrogens is 3. The van der Waals surface area contributed by atoms with Crippen LogP contribution in [0.1, 0.15) is 0 Å². The molecule has 0 saturated carbocycles. The van der Waals surface area contributed by atoms with Gasteiger partial charge in [-0.1, -0.05) is 182 Å². The standard InChI is InChI=1S/C47H31N3/c1-5-15-32(16-6-1)33-27-29-37(30-28-33)47-48-42(35-19-9-3-10-20-35)31-43(49-47)39-24-14-26-41-44-38(34-17-7-2-8-18-34)23-13-25-40(44)45(50-46(39)41)36-21-11-4-12-22-36/h1-31H. The second-order valence-electron chi connectivity index (χ2n) is 12.4. The minimum Gasteiger partial charge on any atom is -0.246 e. The van der Waals surface area contributed by atoms with Gasteiger partial charge in [-0.05, 0) is 28.3 Å². The molecule has 0 bridgehead atoms. The molecule has 0 spiro atoms. The van der Waals surface area contributed by atoms with Gasteiger partial charge in [-0.15, -0.1) is 0 Å². The highest BCUT2D eigenvalue weighted by atomic mass is 14.9. The van der Waals surface area contributed by atoms with Crippen LogP contribution in [0.3, 0.4) is 0 Å². The summed E-state index contributed by atoms with van der Waals surface area (Å²) >= 11 is 0. The number of hydrogen-bond acceptors (Lipinski definition) is 3. The molecule has 2 heterocycles. The molecule has 234 valence electrons. The molecule has 3 heteroatoms. The topological polar surface area (TPSA) is 38.7 Å². The smallest absolute Gasteiger partial charge is 0.160 e. The maximum Gasteiger partial charge on any atom is 0.160 e. The fourth-order valence-corrected chi connectivity index (χ4v) is 6.87. The van der Waals surface area contributed by atoms with E-state index in [0.717, 1.165) is 61.2 Å². The van der Waals surface area contributed by atoms with Crippen LogP contribution in [-0.4, -0.2) is 15.0 Å². The second-order valence-corrected chi connectivity index (χ2v) is 12.4. The molecule has 0 saturated heterocycles. The van der Waals surface area contributed by atoms with E-state index in [-0.39, 0.29) is 0 Å². The molecule has 0 aliphatic heterocycles. The van der Waals surface area contributed by atoms with Crippen molar-refractivity contribution in [3.63, 3.8) is 0 Å². The number of para-hydroxylation sites is 1. The molecule has 9 rings (SSSR count). The summed E-state index contributed by atoms with van der Waals surface area (Å²) in [5, 5.41) is 3.39. The minimum absolute atomic E-state index is 0.673. The minimum atomic E-state index is 0.673. The van der Waals surface area contributed by atoms with Crippen molar-refractivity contribution in [3.8, 4) is 67.4 Å². The lowest BCUT2D eigenvalue weighted by Gasteiger charge is -2.16. The predicted octanol–water partition coefficient (Wildman–Crippen LogP) is 12.2. The lowest BCUT2D eigenvalue weighted by Crippen LogP contribution is -1.98. The van der Waals surface area contributed by atoms with Gasteiger partial charge in [0.25, 0.3) is 0 Å². The second kappa shape index (κ2) is 12.7. The predicted molar refractivity (Wildman–Crippen MR) is 207 cm³/mol. The molecule has 0 amide bonds. The first-order valence-corrected chi connectivity index (χ1v) is 16.9. The largest absolute Gasteiger partial charge is 0.246 e. The number of benzene rings is 7. The number of hydrogen-bond donors (Lipinski definition) is 0. The van der Waals surface area contributed by atoms with E-state index in [1.54, 1.807) is 0 Å². The molecule has 0 N–H and O–H groups in total. The summed E-state index contributed by atoms with van der Waals surface area (Å²) < 4.78 is 0. The van der Waals surface area contributed by atoms with Gasteiger partial charge >= 0.3 is 0 Å². The van der Waals surface area contributed by atoms with Crippen LogP contribution in [0, 0.1) is 0 Å². The Labute approximate surface area is 291 Å². The molecular formula is C47H31N3. The molecule has 3 nitrogen and oxygen atoms in total. The first-order chi connectivity index (χ1) is 24.8. The fraction of sp³-hybridized carbons (Fsp3) is 0. The van der Waals surface area contributed by atoms with Gasteiger partial charge in [-0.25, -0.2) is 15.0 Å². The summed E-state index contributed by atoms with van der Waals surface area (Å²) in [7, 11) is 0. The van der Waals surface area contributed by atoms with Gasteiger partial charge in [-0.3, -0.25) is 0 Å². The van der Waals surface area contributed by atoms with Crippen molar-refractivity contribution in [2.75, 3.05) is 0 Å². The van der Waals surface area contributed by atoms with Crippen molar-refractivity contribution in [1.82, 2.24) is 15.0 Å². The van der Waals surface area contributed by atoms with Gasteiger partial charge in [0.1, 0.15) is 0 Å². The molecule has 2 aromatic heterocycles. The van der Waals surface area contributed by atoms with Gasteiger partial charge in [0.2, 0.25) is 0 Å². The highest BCUT2D eigenvalue weighted by Gasteiger charge is 2.19. The van der Waals surface area contributed by atoms with Crippen molar-refractivity contribution >= 4 is 21.7 Å². The average Bonchev–Trinajstić information content (AvgIpc) is 3.21. The molecule has 0 fully saturated rings. The zero-order valence-corrected chi connectivity index (χ0v) is 27.2. The Hall–Kier alpha value is -6.71. The number of pyridine rings is 1. The summed E-state index contributed by atoms with van der Waals surface area (Å²) in [6.45, 7) is 0. The Morgan fingerprint density at radius 2 is 0.800 bits per heavy atom. The fourth-order valence-electron chi connectivity index (χ4n) is 6.87.